The maximum atomic E-state index is 12.9. The molecular formula is C22H18N2O3. The summed E-state index contributed by atoms with van der Waals surface area (Å²) in [5.41, 5.74) is 3.15. The average Bonchev–Trinajstić information content (AvgIpc) is 3.13. The van der Waals surface area contributed by atoms with E-state index in [0.29, 0.717) is 23.4 Å². The molecule has 5 heteroatoms. The molecule has 0 fully saturated rings. The summed E-state index contributed by atoms with van der Waals surface area (Å²) in [6.07, 6.45) is 0. The Hall–Kier alpha value is -3.60. The van der Waals surface area contributed by atoms with E-state index in [0.717, 1.165) is 16.5 Å². The van der Waals surface area contributed by atoms with E-state index < -0.39 is 0 Å². The van der Waals surface area contributed by atoms with Crippen LogP contribution in [0.5, 0.6) is 5.75 Å². The lowest BCUT2D eigenvalue weighted by molar-refractivity contribution is 0.0785. The lowest BCUT2D eigenvalue weighted by Crippen LogP contribution is -2.26. The van der Waals surface area contributed by atoms with E-state index in [1.54, 1.807) is 48.3 Å². The predicted molar refractivity (Wildman–Crippen MR) is 103 cm³/mol. The lowest BCUT2D eigenvalue weighted by Gasteiger charge is -2.17. The first-order valence-corrected chi connectivity index (χ1v) is 8.60. The summed E-state index contributed by atoms with van der Waals surface area (Å²) < 4.78 is 5.50. The highest BCUT2D eigenvalue weighted by Crippen LogP contribution is 2.29. The fourth-order valence-corrected chi connectivity index (χ4v) is 3.04. The monoisotopic (exact) mass is 358 g/mol. The molecule has 0 atom stereocenters. The first-order valence-electron chi connectivity index (χ1n) is 8.60. The van der Waals surface area contributed by atoms with Crippen LogP contribution in [0.1, 0.15) is 15.9 Å². The van der Waals surface area contributed by atoms with Gasteiger partial charge in [0.2, 0.25) is 0 Å². The number of phenolic OH excluding ortho intramolecular Hbond substituents is 1. The third-order valence-corrected chi connectivity index (χ3v) is 4.46. The van der Waals surface area contributed by atoms with Gasteiger partial charge >= 0.3 is 0 Å². The van der Waals surface area contributed by atoms with Crippen LogP contribution in [0.3, 0.4) is 0 Å². The first kappa shape index (κ1) is 16.8. The molecule has 1 heterocycles. The Balaban J connectivity index is 1.63. The van der Waals surface area contributed by atoms with E-state index in [9.17, 15) is 9.90 Å². The number of hydrogen-bond donors (Lipinski definition) is 1. The SMILES string of the molecule is CN(Cc1ccc(O)cc1)C(=O)c1ccc2noc(-c3ccccc3)c2c1. The van der Waals surface area contributed by atoms with Crippen LogP contribution in [0.25, 0.3) is 22.2 Å². The fourth-order valence-electron chi connectivity index (χ4n) is 3.04. The number of rotatable bonds is 4. The van der Waals surface area contributed by atoms with Crippen molar-refractivity contribution >= 4 is 16.8 Å². The van der Waals surface area contributed by atoms with E-state index in [1.165, 1.54) is 0 Å². The van der Waals surface area contributed by atoms with Crippen molar-refractivity contribution in [2.75, 3.05) is 7.05 Å². The van der Waals surface area contributed by atoms with E-state index >= 15 is 0 Å². The molecule has 0 radical (unpaired) electrons. The zero-order chi connectivity index (χ0) is 18.8. The molecule has 0 saturated carbocycles. The summed E-state index contributed by atoms with van der Waals surface area (Å²) in [7, 11) is 1.76. The van der Waals surface area contributed by atoms with Gasteiger partial charge in [-0.05, 0) is 35.9 Å². The Morgan fingerprint density at radius 1 is 1.04 bits per heavy atom. The van der Waals surface area contributed by atoms with Crippen molar-refractivity contribution in [2.24, 2.45) is 0 Å². The zero-order valence-electron chi connectivity index (χ0n) is 14.8. The van der Waals surface area contributed by atoms with Gasteiger partial charge in [0, 0.05) is 24.7 Å². The largest absolute Gasteiger partial charge is 0.508 e. The predicted octanol–water partition coefficient (Wildman–Crippen LogP) is 4.47. The minimum atomic E-state index is -0.0924. The molecule has 1 amide bonds. The lowest BCUT2D eigenvalue weighted by atomic mass is 10.1. The topological polar surface area (TPSA) is 66.6 Å². The van der Waals surface area contributed by atoms with Crippen molar-refractivity contribution in [3.05, 3.63) is 83.9 Å². The molecule has 3 aromatic carbocycles. The highest BCUT2D eigenvalue weighted by molar-refractivity contribution is 6.00. The second kappa shape index (κ2) is 6.96. The van der Waals surface area contributed by atoms with Crippen molar-refractivity contribution in [1.29, 1.82) is 0 Å². The van der Waals surface area contributed by atoms with Gasteiger partial charge in [0.1, 0.15) is 11.3 Å². The minimum Gasteiger partial charge on any atom is -0.508 e. The van der Waals surface area contributed by atoms with Crippen LogP contribution >= 0.6 is 0 Å². The quantitative estimate of drug-likeness (QED) is 0.584. The number of amides is 1. The Bertz CT molecular complexity index is 1090. The highest BCUT2D eigenvalue weighted by atomic mass is 16.5. The van der Waals surface area contributed by atoms with Gasteiger partial charge in [-0.15, -0.1) is 0 Å². The second-order valence-electron chi connectivity index (χ2n) is 6.44. The molecule has 0 bridgehead atoms. The van der Waals surface area contributed by atoms with Crippen molar-refractivity contribution in [3.63, 3.8) is 0 Å². The smallest absolute Gasteiger partial charge is 0.253 e. The van der Waals surface area contributed by atoms with Crippen molar-refractivity contribution in [2.45, 2.75) is 6.54 Å². The molecule has 0 unspecified atom stereocenters. The number of phenols is 1. The Labute approximate surface area is 156 Å². The maximum absolute atomic E-state index is 12.9. The summed E-state index contributed by atoms with van der Waals surface area (Å²) in [5.74, 6) is 0.769. The minimum absolute atomic E-state index is 0.0924. The normalized spacial score (nSPS) is 10.9. The first-order chi connectivity index (χ1) is 13.1. The zero-order valence-corrected chi connectivity index (χ0v) is 14.8. The Morgan fingerprint density at radius 3 is 2.52 bits per heavy atom. The van der Waals surface area contributed by atoms with E-state index in [1.807, 2.05) is 36.4 Å². The van der Waals surface area contributed by atoms with E-state index in [-0.39, 0.29) is 11.7 Å². The maximum Gasteiger partial charge on any atom is 0.253 e. The van der Waals surface area contributed by atoms with Gasteiger partial charge in [0.05, 0.1) is 5.39 Å². The summed E-state index contributed by atoms with van der Waals surface area (Å²) in [5, 5.41) is 14.3. The summed E-state index contributed by atoms with van der Waals surface area (Å²) in [4.78, 5) is 14.5. The summed E-state index contributed by atoms with van der Waals surface area (Å²) in [6, 6.07) is 21.9. The molecule has 1 aromatic heterocycles. The number of nitrogens with zero attached hydrogens (tertiary/aromatic N) is 2. The van der Waals surface area contributed by atoms with Crippen LogP contribution in [0.15, 0.2) is 77.3 Å². The molecule has 0 spiro atoms. The standard InChI is InChI=1S/C22H18N2O3/c1-24(14-15-7-10-18(25)11-8-15)22(26)17-9-12-20-19(13-17)21(27-23-20)16-5-3-2-4-6-16/h2-13,25H,14H2,1H3. The molecular weight excluding hydrogens is 340 g/mol. The van der Waals surface area contributed by atoms with Gasteiger partial charge < -0.3 is 14.5 Å². The van der Waals surface area contributed by atoms with Crippen LogP contribution in [0.4, 0.5) is 0 Å². The second-order valence-corrected chi connectivity index (χ2v) is 6.44. The molecule has 0 aliphatic rings. The highest BCUT2D eigenvalue weighted by Gasteiger charge is 2.16. The van der Waals surface area contributed by atoms with Crippen molar-refractivity contribution in [3.8, 4) is 17.1 Å². The molecule has 5 nitrogen and oxygen atoms in total. The Morgan fingerprint density at radius 2 is 1.78 bits per heavy atom. The van der Waals surface area contributed by atoms with E-state index in [4.69, 9.17) is 4.52 Å². The number of benzene rings is 3. The van der Waals surface area contributed by atoms with Crippen molar-refractivity contribution < 1.29 is 14.4 Å². The average molecular weight is 358 g/mol. The van der Waals surface area contributed by atoms with E-state index in [2.05, 4.69) is 5.16 Å². The van der Waals surface area contributed by atoms with Crippen LogP contribution < -0.4 is 0 Å². The third kappa shape index (κ3) is 3.40. The van der Waals surface area contributed by atoms with Gasteiger partial charge in [0.25, 0.3) is 5.91 Å². The number of carbonyl (C=O) groups excluding carboxylic acids is 1. The van der Waals surface area contributed by atoms with Gasteiger partial charge in [-0.3, -0.25) is 4.79 Å². The molecule has 0 aliphatic carbocycles. The molecule has 1 N–H and O–H groups in total. The Kier molecular flexibility index (Phi) is 4.34. The van der Waals surface area contributed by atoms with Crippen LogP contribution in [-0.2, 0) is 6.54 Å². The number of fused-ring (bicyclic) bond motifs is 1. The summed E-state index contributed by atoms with van der Waals surface area (Å²) >= 11 is 0. The fraction of sp³-hybridized carbons (Fsp3) is 0.0909. The van der Waals surface area contributed by atoms with Crippen LogP contribution in [0, 0.1) is 0 Å². The molecule has 134 valence electrons. The number of hydrogen-bond acceptors (Lipinski definition) is 4. The number of aromatic hydroxyl groups is 1. The van der Waals surface area contributed by atoms with Gasteiger partial charge in [-0.2, -0.15) is 0 Å². The van der Waals surface area contributed by atoms with Gasteiger partial charge in [-0.25, -0.2) is 0 Å². The molecule has 27 heavy (non-hydrogen) atoms. The molecule has 0 saturated heterocycles. The van der Waals surface area contributed by atoms with Crippen LogP contribution in [-0.4, -0.2) is 28.1 Å². The third-order valence-electron chi connectivity index (χ3n) is 4.46. The van der Waals surface area contributed by atoms with Gasteiger partial charge in [0.15, 0.2) is 5.76 Å². The number of carbonyl (C=O) groups is 1. The number of aromatic nitrogens is 1. The van der Waals surface area contributed by atoms with Gasteiger partial charge in [-0.1, -0.05) is 47.6 Å². The van der Waals surface area contributed by atoms with Crippen molar-refractivity contribution in [1.82, 2.24) is 10.1 Å². The van der Waals surface area contributed by atoms with Crippen LogP contribution in [0.2, 0.25) is 0 Å². The summed E-state index contributed by atoms with van der Waals surface area (Å²) in [6.45, 7) is 0.451. The molecule has 4 aromatic rings. The molecule has 4 rings (SSSR count). The molecule has 0 aliphatic heterocycles.